The lowest BCUT2D eigenvalue weighted by molar-refractivity contribution is -0.117. The van der Waals surface area contributed by atoms with Crippen LogP contribution in [0.25, 0.3) is 0 Å². The molecule has 0 bridgehead atoms. The molecule has 1 aliphatic rings. The number of anilines is 1. The average Bonchev–Trinajstić information content (AvgIpc) is 2.62. The van der Waals surface area contributed by atoms with E-state index in [9.17, 15) is 4.79 Å². The second-order valence-electron chi connectivity index (χ2n) is 4.29. The van der Waals surface area contributed by atoms with Gasteiger partial charge in [0.1, 0.15) is 0 Å². The van der Waals surface area contributed by atoms with Gasteiger partial charge < -0.3 is 15.4 Å². The van der Waals surface area contributed by atoms with Crippen molar-refractivity contribution in [1.29, 1.82) is 0 Å². The minimum atomic E-state index is -0.0133. The van der Waals surface area contributed by atoms with E-state index in [1.165, 1.54) is 0 Å². The molecule has 1 saturated heterocycles. The molecule has 17 heavy (non-hydrogen) atoms. The standard InChI is InChI=1S/C11H18N4O2/c1-7-11(8(2)15-14-7)13-10(16)5-9-6-17-4-3-12-9/h9,12H,3-6H2,1-2H3,(H,13,16)(H,14,15). The van der Waals surface area contributed by atoms with Crippen molar-refractivity contribution in [2.75, 3.05) is 25.1 Å². The Morgan fingerprint density at radius 2 is 2.41 bits per heavy atom. The molecule has 2 rings (SSSR count). The first-order chi connectivity index (χ1) is 8.16. The predicted octanol–water partition coefficient (Wildman–Crippen LogP) is 0.344. The number of ether oxygens (including phenoxy) is 1. The molecule has 1 atom stereocenters. The van der Waals surface area contributed by atoms with E-state index in [1.54, 1.807) is 0 Å². The zero-order valence-corrected chi connectivity index (χ0v) is 10.2. The highest BCUT2D eigenvalue weighted by Gasteiger charge is 2.18. The molecule has 6 heteroatoms. The molecule has 1 fully saturated rings. The maximum atomic E-state index is 11.8. The fourth-order valence-electron chi connectivity index (χ4n) is 1.90. The third kappa shape index (κ3) is 3.04. The summed E-state index contributed by atoms with van der Waals surface area (Å²) in [5.74, 6) is -0.0133. The second kappa shape index (κ2) is 5.29. The van der Waals surface area contributed by atoms with Crippen molar-refractivity contribution in [2.45, 2.75) is 26.3 Å². The average molecular weight is 238 g/mol. The fraction of sp³-hybridized carbons (Fsp3) is 0.636. The van der Waals surface area contributed by atoms with Crippen molar-refractivity contribution in [3.8, 4) is 0 Å². The molecule has 0 spiro atoms. The van der Waals surface area contributed by atoms with Crippen LogP contribution in [0, 0.1) is 13.8 Å². The Kier molecular flexibility index (Phi) is 3.75. The van der Waals surface area contributed by atoms with E-state index in [2.05, 4.69) is 20.8 Å². The lowest BCUT2D eigenvalue weighted by atomic mass is 10.2. The summed E-state index contributed by atoms with van der Waals surface area (Å²) in [7, 11) is 0. The van der Waals surface area contributed by atoms with Gasteiger partial charge in [-0.25, -0.2) is 0 Å². The second-order valence-corrected chi connectivity index (χ2v) is 4.29. The van der Waals surface area contributed by atoms with Crippen LogP contribution in [0.3, 0.4) is 0 Å². The monoisotopic (exact) mass is 238 g/mol. The number of H-pyrrole nitrogens is 1. The minimum Gasteiger partial charge on any atom is -0.378 e. The summed E-state index contributed by atoms with van der Waals surface area (Å²) in [6, 6.07) is 0.108. The lowest BCUT2D eigenvalue weighted by Crippen LogP contribution is -2.43. The Balaban J connectivity index is 1.88. The van der Waals surface area contributed by atoms with E-state index in [0.29, 0.717) is 13.0 Å². The van der Waals surface area contributed by atoms with Crippen molar-refractivity contribution >= 4 is 11.6 Å². The van der Waals surface area contributed by atoms with E-state index < -0.39 is 0 Å². The Hall–Kier alpha value is -1.40. The number of carbonyl (C=O) groups is 1. The van der Waals surface area contributed by atoms with Crippen LogP contribution in [0.2, 0.25) is 0 Å². The number of carbonyl (C=O) groups excluding carboxylic acids is 1. The molecule has 0 aromatic carbocycles. The topological polar surface area (TPSA) is 79.0 Å². The van der Waals surface area contributed by atoms with Gasteiger partial charge in [-0.05, 0) is 13.8 Å². The number of aromatic nitrogens is 2. The van der Waals surface area contributed by atoms with Gasteiger partial charge in [0.25, 0.3) is 0 Å². The van der Waals surface area contributed by atoms with Crippen LogP contribution in [-0.2, 0) is 9.53 Å². The molecule has 6 nitrogen and oxygen atoms in total. The highest BCUT2D eigenvalue weighted by Crippen LogP contribution is 2.16. The van der Waals surface area contributed by atoms with E-state index >= 15 is 0 Å². The van der Waals surface area contributed by atoms with Crippen molar-refractivity contribution in [3.05, 3.63) is 11.4 Å². The summed E-state index contributed by atoms with van der Waals surface area (Å²) in [4.78, 5) is 11.8. The number of morpholine rings is 1. The summed E-state index contributed by atoms with van der Waals surface area (Å²) < 4.78 is 5.30. The first-order valence-corrected chi connectivity index (χ1v) is 5.79. The molecule has 1 aromatic rings. The summed E-state index contributed by atoms with van der Waals surface area (Å²) in [5, 5.41) is 13.0. The van der Waals surface area contributed by atoms with Crippen LogP contribution in [0.15, 0.2) is 0 Å². The molecule has 0 saturated carbocycles. The summed E-state index contributed by atoms with van der Waals surface area (Å²) in [5.41, 5.74) is 2.47. The Labute approximate surface area is 100 Å². The molecule has 1 unspecified atom stereocenters. The van der Waals surface area contributed by atoms with Gasteiger partial charge in [0, 0.05) is 19.0 Å². The third-order valence-electron chi connectivity index (χ3n) is 2.82. The zero-order valence-electron chi connectivity index (χ0n) is 10.2. The van der Waals surface area contributed by atoms with Gasteiger partial charge in [-0.3, -0.25) is 9.89 Å². The van der Waals surface area contributed by atoms with Crippen LogP contribution in [0.1, 0.15) is 17.8 Å². The number of hydrogen-bond acceptors (Lipinski definition) is 4. The van der Waals surface area contributed by atoms with E-state index in [4.69, 9.17) is 4.74 Å². The number of rotatable bonds is 3. The molecule has 0 radical (unpaired) electrons. The number of aromatic amines is 1. The highest BCUT2D eigenvalue weighted by atomic mass is 16.5. The normalized spacial score (nSPS) is 20.2. The van der Waals surface area contributed by atoms with Gasteiger partial charge in [0.2, 0.25) is 5.91 Å². The number of hydrogen-bond donors (Lipinski definition) is 3. The van der Waals surface area contributed by atoms with Crippen LogP contribution in [-0.4, -0.2) is 41.9 Å². The van der Waals surface area contributed by atoms with Gasteiger partial charge in [-0.15, -0.1) is 0 Å². The summed E-state index contributed by atoms with van der Waals surface area (Å²) in [6.45, 7) is 5.87. The zero-order chi connectivity index (χ0) is 12.3. The molecule has 2 heterocycles. The van der Waals surface area contributed by atoms with Gasteiger partial charge in [-0.2, -0.15) is 5.10 Å². The maximum absolute atomic E-state index is 11.8. The molecule has 1 aliphatic heterocycles. The summed E-state index contributed by atoms with van der Waals surface area (Å²) in [6.07, 6.45) is 0.421. The van der Waals surface area contributed by atoms with Crippen LogP contribution < -0.4 is 10.6 Å². The van der Waals surface area contributed by atoms with E-state index in [-0.39, 0.29) is 11.9 Å². The van der Waals surface area contributed by atoms with Crippen LogP contribution in [0.5, 0.6) is 0 Å². The fourth-order valence-corrected chi connectivity index (χ4v) is 1.90. The number of amides is 1. The smallest absolute Gasteiger partial charge is 0.226 e. The van der Waals surface area contributed by atoms with Crippen molar-refractivity contribution in [2.24, 2.45) is 0 Å². The predicted molar refractivity (Wildman–Crippen MR) is 63.9 cm³/mol. The van der Waals surface area contributed by atoms with Gasteiger partial charge in [0.15, 0.2) is 0 Å². The third-order valence-corrected chi connectivity index (χ3v) is 2.82. The lowest BCUT2D eigenvalue weighted by Gasteiger charge is -2.23. The molecule has 0 aliphatic carbocycles. The summed E-state index contributed by atoms with van der Waals surface area (Å²) >= 11 is 0. The van der Waals surface area contributed by atoms with Gasteiger partial charge in [-0.1, -0.05) is 0 Å². The Morgan fingerprint density at radius 1 is 1.59 bits per heavy atom. The van der Waals surface area contributed by atoms with Gasteiger partial charge in [0.05, 0.1) is 30.3 Å². The molecule has 3 N–H and O–H groups in total. The molecule has 1 amide bonds. The quantitative estimate of drug-likeness (QED) is 0.709. The maximum Gasteiger partial charge on any atom is 0.226 e. The Morgan fingerprint density at radius 3 is 3.00 bits per heavy atom. The molecular formula is C11H18N4O2. The SMILES string of the molecule is Cc1n[nH]c(C)c1NC(=O)CC1COCCN1. The van der Waals surface area contributed by atoms with Crippen molar-refractivity contribution in [1.82, 2.24) is 15.5 Å². The van der Waals surface area contributed by atoms with Crippen molar-refractivity contribution in [3.63, 3.8) is 0 Å². The van der Waals surface area contributed by atoms with Crippen LogP contribution >= 0.6 is 0 Å². The van der Waals surface area contributed by atoms with E-state index in [1.807, 2.05) is 13.8 Å². The number of aryl methyl sites for hydroxylation is 2. The molecule has 1 aromatic heterocycles. The largest absolute Gasteiger partial charge is 0.378 e. The molecular weight excluding hydrogens is 220 g/mol. The minimum absolute atomic E-state index is 0.0133. The van der Waals surface area contributed by atoms with Crippen LogP contribution in [0.4, 0.5) is 5.69 Å². The first-order valence-electron chi connectivity index (χ1n) is 5.79. The first kappa shape index (κ1) is 12.1. The van der Waals surface area contributed by atoms with E-state index in [0.717, 1.165) is 30.2 Å². The van der Waals surface area contributed by atoms with Gasteiger partial charge >= 0.3 is 0 Å². The number of nitrogens with zero attached hydrogens (tertiary/aromatic N) is 1. The highest BCUT2D eigenvalue weighted by molar-refractivity contribution is 5.92. The van der Waals surface area contributed by atoms with Crippen molar-refractivity contribution < 1.29 is 9.53 Å². The Bertz CT molecular complexity index is 377. The molecule has 94 valence electrons. The number of nitrogens with one attached hydrogen (secondary N) is 3.